The fourth-order valence-corrected chi connectivity index (χ4v) is 0.812. The Kier molecular flexibility index (Phi) is 1.87. The number of nitrogens with two attached hydrogens (primary N) is 1. The van der Waals surface area contributed by atoms with E-state index in [1.54, 1.807) is 0 Å². The molecule has 0 fully saturated rings. The molecule has 4 nitrogen and oxygen atoms in total. The van der Waals surface area contributed by atoms with Crippen LogP contribution < -0.4 is 5.73 Å². The Morgan fingerprint density at radius 3 is 2.73 bits per heavy atom. The van der Waals surface area contributed by atoms with Crippen LogP contribution in [-0.2, 0) is 9.59 Å². The van der Waals surface area contributed by atoms with E-state index < -0.39 is 12.0 Å². The predicted molar refractivity (Wildman–Crippen MR) is 37.8 cm³/mol. The molecule has 58 valence electrons. The molecule has 11 heavy (non-hydrogen) atoms. The van der Waals surface area contributed by atoms with Crippen molar-refractivity contribution in [2.24, 2.45) is 5.73 Å². The average molecular weight is 153 g/mol. The van der Waals surface area contributed by atoms with Crippen LogP contribution in [0.4, 0.5) is 0 Å². The Morgan fingerprint density at radius 2 is 2.27 bits per heavy atom. The zero-order valence-corrected chi connectivity index (χ0v) is 5.65. The number of carbonyl (C=O) groups excluding carboxylic acids is 1. The summed E-state index contributed by atoms with van der Waals surface area (Å²) in [6, 6.07) is -1.00. The second-order valence-electron chi connectivity index (χ2n) is 2.17. The first-order chi connectivity index (χ1) is 5.13. The van der Waals surface area contributed by atoms with Gasteiger partial charge in [0.1, 0.15) is 6.04 Å². The van der Waals surface area contributed by atoms with Crippen LogP contribution >= 0.6 is 0 Å². The van der Waals surface area contributed by atoms with Crippen LogP contribution in [0.1, 0.15) is 0 Å². The van der Waals surface area contributed by atoms with Gasteiger partial charge in [-0.15, -0.1) is 0 Å². The van der Waals surface area contributed by atoms with E-state index in [4.69, 9.17) is 10.8 Å². The molecule has 1 unspecified atom stereocenters. The number of allylic oxidation sites excluding steroid dienone is 2. The fraction of sp³-hybridized carbons (Fsp3) is 0.143. The second-order valence-corrected chi connectivity index (χ2v) is 2.17. The van der Waals surface area contributed by atoms with Crippen molar-refractivity contribution in [1.82, 2.24) is 0 Å². The molecular weight excluding hydrogens is 146 g/mol. The van der Waals surface area contributed by atoms with E-state index in [0.717, 1.165) is 0 Å². The lowest BCUT2D eigenvalue weighted by Gasteiger charge is -2.10. The topological polar surface area (TPSA) is 80.4 Å². The fourth-order valence-electron chi connectivity index (χ4n) is 0.812. The Labute approximate surface area is 63.0 Å². The van der Waals surface area contributed by atoms with Crippen LogP contribution in [0.3, 0.4) is 0 Å². The van der Waals surface area contributed by atoms with E-state index in [-0.39, 0.29) is 11.4 Å². The third kappa shape index (κ3) is 1.35. The normalized spacial score (nSPS) is 23.2. The first-order valence-electron chi connectivity index (χ1n) is 3.04. The molecule has 0 spiro atoms. The first-order valence-corrected chi connectivity index (χ1v) is 3.04. The summed E-state index contributed by atoms with van der Waals surface area (Å²) in [6.07, 6.45) is 3.97. The van der Waals surface area contributed by atoms with Crippen molar-refractivity contribution in [2.75, 3.05) is 0 Å². The van der Waals surface area contributed by atoms with Crippen LogP contribution in [0, 0.1) is 0 Å². The van der Waals surface area contributed by atoms with Gasteiger partial charge in [0.15, 0.2) is 5.78 Å². The zero-order chi connectivity index (χ0) is 8.43. The van der Waals surface area contributed by atoms with Gasteiger partial charge in [0.25, 0.3) is 0 Å². The SMILES string of the molecule is NC1C(=O)C=CC=C1C(=O)O. The lowest BCUT2D eigenvalue weighted by atomic mass is 9.99. The maximum atomic E-state index is 10.8. The monoisotopic (exact) mass is 153 g/mol. The van der Waals surface area contributed by atoms with E-state index in [1.807, 2.05) is 0 Å². The number of aliphatic carboxylic acids is 1. The molecular formula is C7H7NO3. The average Bonchev–Trinajstić information content (AvgIpc) is 1.94. The molecule has 0 radical (unpaired) electrons. The summed E-state index contributed by atoms with van der Waals surface area (Å²) >= 11 is 0. The first kappa shape index (κ1) is 7.68. The van der Waals surface area contributed by atoms with Crippen LogP contribution in [0.25, 0.3) is 0 Å². The molecule has 0 aromatic heterocycles. The maximum absolute atomic E-state index is 10.8. The minimum Gasteiger partial charge on any atom is -0.478 e. The third-order valence-electron chi connectivity index (χ3n) is 1.42. The highest BCUT2D eigenvalue weighted by Gasteiger charge is 2.23. The minimum atomic E-state index is -1.14. The molecule has 1 rings (SSSR count). The molecule has 0 amide bonds. The summed E-state index contributed by atoms with van der Waals surface area (Å²) < 4.78 is 0. The number of carbonyl (C=O) groups is 2. The molecule has 0 saturated carbocycles. The zero-order valence-electron chi connectivity index (χ0n) is 5.65. The molecule has 0 saturated heterocycles. The Balaban J connectivity index is 2.96. The quantitative estimate of drug-likeness (QED) is 0.530. The molecule has 0 aromatic rings. The lowest BCUT2D eigenvalue weighted by molar-refractivity contribution is -0.133. The molecule has 0 aliphatic heterocycles. The van der Waals surface area contributed by atoms with E-state index in [9.17, 15) is 9.59 Å². The summed E-state index contributed by atoms with van der Waals surface area (Å²) in [4.78, 5) is 21.2. The molecule has 0 heterocycles. The smallest absolute Gasteiger partial charge is 0.333 e. The van der Waals surface area contributed by atoms with Crippen LogP contribution in [0.15, 0.2) is 23.8 Å². The minimum absolute atomic E-state index is 0.0579. The van der Waals surface area contributed by atoms with Crippen LogP contribution in [-0.4, -0.2) is 22.9 Å². The van der Waals surface area contributed by atoms with Crippen LogP contribution in [0.2, 0.25) is 0 Å². The van der Waals surface area contributed by atoms with E-state index in [2.05, 4.69) is 0 Å². The molecule has 0 bridgehead atoms. The Bertz CT molecular complexity index is 265. The highest BCUT2D eigenvalue weighted by atomic mass is 16.4. The van der Waals surface area contributed by atoms with Crippen molar-refractivity contribution in [1.29, 1.82) is 0 Å². The molecule has 1 atom stereocenters. The van der Waals surface area contributed by atoms with Crippen molar-refractivity contribution >= 4 is 11.8 Å². The molecule has 3 N–H and O–H groups in total. The highest BCUT2D eigenvalue weighted by Crippen LogP contribution is 2.07. The van der Waals surface area contributed by atoms with Gasteiger partial charge in [0.05, 0.1) is 5.57 Å². The van der Waals surface area contributed by atoms with Crippen molar-refractivity contribution in [3.05, 3.63) is 23.8 Å². The predicted octanol–water partition coefficient (Wildman–Crippen LogP) is -0.536. The van der Waals surface area contributed by atoms with Crippen LogP contribution in [0.5, 0.6) is 0 Å². The molecule has 4 heteroatoms. The van der Waals surface area contributed by atoms with Crippen molar-refractivity contribution in [3.8, 4) is 0 Å². The maximum Gasteiger partial charge on any atom is 0.333 e. The standard InChI is InChI=1S/C7H7NO3/c8-6-4(7(10)11)2-1-3-5(6)9/h1-3,6H,8H2,(H,10,11). The van der Waals surface area contributed by atoms with Gasteiger partial charge in [-0.1, -0.05) is 6.08 Å². The number of ketones is 1. The van der Waals surface area contributed by atoms with Gasteiger partial charge in [-0.25, -0.2) is 4.79 Å². The van der Waals surface area contributed by atoms with E-state index >= 15 is 0 Å². The van der Waals surface area contributed by atoms with Gasteiger partial charge in [-0.3, -0.25) is 4.79 Å². The van der Waals surface area contributed by atoms with Crippen molar-refractivity contribution < 1.29 is 14.7 Å². The van der Waals surface area contributed by atoms with Gasteiger partial charge >= 0.3 is 5.97 Å². The number of carboxylic acids is 1. The van der Waals surface area contributed by atoms with Gasteiger partial charge < -0.3 is 10.8 Å². The highest BCUT2D eigenvalue weighted by molar-refractivity contribution is 6.05. The Hall–Kier alpha value is -1.42. The summed E-state index contributed by atoms with van der Waals surface area (Å²) in [5.74, 6) is -1.51. The van der Waals surface area contributed by atoms with Gasteiger partial charge in [-0.2, -0.15) is 0 Å². The molecule has 1 aliphatic carbocycles. The number of hydrogen-bond donors (Lipinski definition) is 2. The second kappa shape index (κ2) is 2.67. The summed E-state index contributed by atoms with van der Waals surface area (Å²) in [6.45, 7) is 0. The molecule has 1 aliphatic rings. The number of rotatable bonds is 1. The lowest BCUT2D eigenvalue weighted by Crippen LogP contribution is -2.35. The molecule has 0 aromatic carbocycles. The van der Waals surface area contributed by atoms with Gasteiger partial charge in [-0.05, 0) is 12.2 Å². The van der Waals surface area contributed by atoms with Gasteiger partial charge in [0, 0.05) is 0 Å². The Morgan fingerprint density at radius 1 is 1.64 bits per heavy atom. The summed E-state index contributed by atoms with van der Waals surface area (Å²) in [7, 11) is 0. The summed E-state index contributed by atoms with van der Waals surface area (Å²) in [5.41, 5.74) is 5.22. The summed E-state index contributed by atoms with van der Waals surface area (Å²) in [5, 5.41) is 8.49. The van der Waals surface area contributed by atoms with Gasteiger partial charge in [0.2, 0.25) is 0 Å². The van der Waals surface area contributed by atoms with Crippen molar-refractivity contribution in [2.45, 2.75) is 6.04 Å². The van der Waals surface area contributed by atoms with E-state index in [1.165, 1.54) is 18.2 Å². The third-order valence-corrected chi connectivity index (χ3v) is 1.42. The van der Waals surface area contributed by atoms with E-state index in [0.29, 0.717) is 0 Å². The largest absolute Gasteiger partial charge is 0.478 e. The number of carboxylic acid groups (broad SMARTS) is 1. The van der Waals surface area contributed by atoms with Crippen molar-refractivity contribution in [3.63, 3.8) is 0 Å². The number of hydrogen-bond acceptors (Lipinski definition) is 3.